The van der Waals surface area contributed by atoms with Gasteiger partial charge in [0, 0.05) is 0 Å². The molecule has 1 atom stereocenters. The van der Waals surface area contributed by atoms with Gasteiger partial charge in [0.2, 0.25) is 0 Å². The predicted molar refractivity (Wildman–Crippen MR) is 78.1 cm³/mol. The van der Waals surface area contributed by atoms with Gasteiger partial charge < -0.3 is 15.2 Å². The van der Waals surface area contributed by atoms with Gasteiger partial charge in [-0.25, -0.2) is 4.79 Å². The topological polar surface area (TPSA) is 75.6 Å². The minimum atomic E-state index is -0.959. The van der Waals surface area contributed by atoms with Gasteiger partial charge >= 0.3 is 12.1 Å². The number of amides is 1. The highest BCUT2D eigenvalue weighted by atomic mass is 32.1. The van der Waals surface area contributed by atoms with E-state index in [2.05, 4.69) is 5.32 Å². The molecule has 112 valence electrons. The van der Waals surface area contributed by atoms with E-state index in [4.69, 9.17) is 9.84 Å². The van der Waals surface area contributed by atoms with Crippen LogP contribution >= 0.6 is 11.3 Å². The summed E-state index contributed by atoms with van der Waals surface area (Å²) in [6.07, 6.45) is -0.319. The number of rotatable bonds is 5. The van der Waals surface area contributed by atoms with Gasteiger partial charge in [-0.15, -0.1) is 0 Å². The predicted octanol–water partition coefficient (Wildman–Crippen LogP) is 3.05. The quantitative estimate of drug-likeness (QED) is 0.876. The third-order valence-corrected chi connectivity index (χ3v) is 3.25. The van der Waals surface area contributed by atoms with Crippen molar-refractivity contribution in [1.29, 1.82) is 0 Å². The molecule has 0 aliphatic heterocycles. The van der Waals surface area contributed by atoms with Crippen molar-refractivity contribution in [2.45, 2.75) is 51.7 Å². The van der Waals surface area contributed by atoms with E-state index in [0.29, 0.717) is 6.42 Å². The molecule has 2 N–H and O–H groups in total. The van der Waals surface area contributed by atoms with Crippen molar-refractivity contribution in [2.75, 3.05) is 0 Å². The molecule has 20 heavy (non-hydrogen) atoms. The van der Waals surface area contributed by atoms with Crippen LogP contribution in [0.15, 0.2) is 16.8 Å². The molecule has 0 bridgehead atoms. The average Bonchev–Trinajstić information content (AvgIpc) is 2.63. The van der Waals surface area contributed by atoms with Gasteiger partial charge in [0.05, 0.1) is 12.0 Å². The van der Waals surface area contributed by atoms with Gasteiger partial charge in [-0.3, -0.25) is 4.79 Å². The molecule has 1 heterocycles. The number of aliphatic carboxylic acids is 1. The smallest absolute Gasteiger partial charge is 0.408 e. The van der Waals surface area contributed by atoms with Crippen molar-refractivity contribution in [3.63, 3.8) is 0 Å². The standard InChI is InChI=1S/C14H21NO4S/c1-13(2,3)19-12(18)15-14(4,8-11(16)17)7-10-5-6-20-9-10/h5-6,9H,7-8H2,1-4H3,(H,15,18)(H,16,17). The van der Waals surface area contributed by atoms with Crippen LogP contribution in [0.3, 0.4) is 0 Å². The number of carboxylic acids is 1. The van der Waals surface area contributed by atoms with E-state index in [-0.39, 0.29) is 6.42 Å². The molecule has 1 aromatic heterocycles. The van der Waals surface area contributed by atoms with Gasteiger partial charge in [0.1, 0.15) is 5.60 Å². The molecule has 0 aliphatic carbocycles. The molecular formula is C14H21NO4S. The highest BCUT2D eigenvalue weighted by molar-refractivity contribution is 7.07. The third-order valence-electron chi connectivity index (χ3n) is 2.52. The molecule has 6 heteroatoms. The number of nitrogens with one attached hydrogen (secondary N) is 1. The molecule has 0 aromatic carbocycles. The first-order chi connectivity index (χ1) is 9.10. The lowest BCUT2D eigenvalue weighted by Crippen LogP contribution is -2.50. The Balaban J connectivity index is 2.77. The Kier molecular flexibility index (Phi) is 5.16. The lowest BCUT2D eigenvalue weighted by atomic mass is 9.91. The zero-order chi connectivity index (χ0) is 15.4. The van der Waals surface area contributed by atoms with E-state index >= 15 is 0 Å². The normalized spacial score (nSPS) is 14.4. The summed E-state index contributed by atoms with van der Waals surface area (Å²) in [4.78, 5) is 22.9. The number of thiophene rings is 1. The number of alkyl carbamates (subject to hydrolysis) is 1. The van der Waals surface area contributed by atoms with Crippen LogP contribution in [0.5, 0.6) is 0 Å². The highest BCUT2D eigenvalue weighted by Gasteiger charge is 2.31. The Bertz CT molecular complexity index is 464. The maximum atomic E-state index is 11.9. The van der Waals surface area contributed by atoms with E-state index in [9.17, 15) is 9.59 Å². The van der Waals surface area contributed by atoms with Crippen LogP contribution in [-0.4, -0.2) is 28.3 Å². The Morgan fingerprint density at radius 3 is 2.45 bits per heavy atom. The number of carboxylic acid groups (broad SMARTS) is 1. The van der Waals surface area contributed by atoms with Crippen LogP contribution in [0.1, 0.15) is 39.7 Å². The van der Waals surface area contributed by atoms with Crippen LogP contribution in [-0.2, 0) is 16.0 Å². The van der Waals surface area contributed by atoms with Gasteiger partial charge in [0.15, 0.2) is 0 Å². The van der Waals surface area contributed by atoms with Crippen LogP contribution < -0.4 is 5.32 Å². The second-order valence-corrected chi connectivity index (χ2v) is 6.85. The second kappa shape index (κ2) is 6.26. The van der Waals surface area contributed by atoms with Gasteiger partial charge in [-0.05, 0) is 56.5 Å². The van der Waals surface area contributed by atoms with Crippen LogP contribution in [0.2, 0.25) is 0 Å². The highest BCUT2D eigenvalue weighted by Crippen LogP contribution is 2.20. The average molecular weight is 299 g/mol. The van der Waals surface area contributed by atoms with Crippen LogP contribution in [0.25, 0.3) is 0 Å². The number of ether oxygens (including phenoxy) is 1. The first-order valence-corrected chi connectivity index (χ1v) is 7.28. The Morgan fingerprint density at radius 1 is 1.35 bits per heavy atom. The summed E-state index contributed by atoms with van der Waals surface area (Å²) in [6.45, 7) is 7.00. The first kappa shape index (κ1) is 16.5. The van der Waals surface area contributed by atoms with Crippen molar-refractivity contribution < 1.29 is 19.4 Å². The monoisotopic (exact) mass is 299 g/mol. The van der Waals surface area contributed by atoms with Crippen molar-refractivity contribution >= 4 is 23.4 Å². The molecule has 5 nitrogen and oxygen atoms in total. The molecule has 0 saturated heterocycles. The molecular weight excluding hydrogens is 278 g/mol. The van der Waals surface area contributed by atoms with E-state index in [1.165, 1.54) is 11.3 Å². The Labute approximate surface area is 123 Å². The number of hydrogen-bond acceptors (Lipinski definition) is 4. The summed E-state index contributed by atoms with van der Waals surface area (Å²) in [5, 5.41) is 15.6. The van der Waals surface area contributed by atoms with E-state index in [1.54, 1.807) is 27.7 Å². The van der Waals surface area contributed by atoms with E-state index in [0.717, 1.165) is 5.56 Å². The largest absolute Gasteiger partial charge is 0.481 e. The summed E-state index contributed by atoms with van der Waals surface area (Å²) < 4.78 is 5.19. The maximum absolute atomic E-state index is 11.9. The van der Waals surface area contributed by atoms with Crippen LogP contribution in [0, 0.1) is 0 Å². The van der Waals surface area contributed by atoms with Gasteiger partial charge in [-0.2, -0.15) is 11.3 Å². The van der Waals surface area contributed by atoms with Crippen molar-refractivity contribution in [3.8, 4) is 0 Å². The molecule has 0 spiro atoms. The molecule has 1 rings (SSSR count). The number of carbonyl (C=O) groups excluding carboxylic acids is 1. The summed E-state index contributed by atoms with van der Waals surface area (Å²) in [7, 11) is 0. The maximum Gasteiger partial charge on any atom is 0.408 e. The minimum Gasteiger partial charge on any atom is -0.481 e. The Morgan fingerprint density at radius 2 is 2.00 bits per heavy atom. The molecule has 1 unspecified atom stereocenters. The minimum absolute atomic E-state index is 0.165. The SMILES string of the molecule is CC(CC(=O)O)(Cc1ccsc1)NC(=O)OC(C)(C)C. The first-order valence-electron chi connectivity index (χ1n) is 6.34. The fourth-order valence-electron chi connectivity index (χ4n) is 1.88. The lowest BCUT2D eigenvalue weighted by Gasteiger charge is -2.30. The summed E-state index contributed by atoms with van der Waals surface area (Å²) >= 11 is 1.54. The fourth-order valence-corrected chi connectivity index (χ4v) is 2.55. The van der Waals surface area contributed by atoms with E-state index < -0.39 is 23.2 Å². The van der Waals surface area contributed by atoms with Crippen molar-refractivity contribution in [3.05, 3.63) is 22.4 Å². The Hall–Kier alpha value is -1.56. The second-order valence-electron chi connectivity index (χ2n) is 6.07. The van der Waals surface area contributed by atoms with Gasteiger partial charge in [0.25, 0.3) is 0 Å². The molecule has 0 aliphatic rings. The number of hydrogen-bond donors (Lipinski definition) is 2. The van der Waals surface area contributed by atoms with Crippen molar-refractivity contribution in [2.24, 2.45) is 0 Å². The van der Waals surface area contributed by atoms with E-state index in [1.807, 2.05) is 16.8 Å². The summed E-state index contributed by atoms with van der Waals surface area (Å²) in [5.41, 5.74) is -0.499. The molecule has 1 amide bonds. The summed E-state index contributed by atoms with van der Waals surface area (Å²) in [6, 6.07) is 1.92. The molecule has 0 radical (unpaired) electrons. The molecule has 1 aromatic rings. The van der Waals surface area contributed by atoms with Gasteiger partial charge in [-0.1, -0.05) is 0 Å². The lowest BCUT2D eigenvalue weighted by molar-refractivity contribution is -0.138. The molecule has 0 saturated carbocycles. The number of carbonyl (C=O) groups is 2. The van der Waals surface area contributed by atoms with Crippen LogP contribution in [0.4, 0.5) is 4.79 Å². The van der Waals surface area contributed by atoms with Crippen molar-refractivity contribution in [1.82, 2.24) is 5.32 Å². The molecule has 0 fully saturated rings. The fraction of sp³-hybridized carbons (Fsp3) is 0.571. The zero-order valence-electron chi connectivity index (χ0n) is 12.2. The summed E-state index contributed by atoms with van der Waals surface area (Å²) in [5.74, 6) is -0.959. The zero-order valence-corrected chi connectivity index (χ0v) is 13.0. The third kappa shape index (κ3) is 6.06.